The lowest BCUT2D eigenvalue weighted by molar-refractivity contribution is -0.158. The molecular weight excluding hydrogens is 370 g/mol. The van der Waals surface area contributed by atoms with Gasteiger partial charge in [-0.2, -0.15) is 5.10 Å². The van der Waals surface area contributed by atoms with Crippen molar-refractivity contribution >= 4 is 11.9 Å². The molecule has 2 aromatic rings. The van der Waals surface area contributed by atoms with Crippen LogP contribution in [0.1, 0.15) is 46.7 Å². The number of ether oxygens (including phenoxy) is 1. The normalized spacial score (nSPS) is 13.9. The van der Waals surface area contributed by atoms with Crippen LogP contribution in [0.15, 0.2) is 42.6 Å². The molecule has 29 heavy (non-hydrogen) atoms. The van der Waals surface area contributed by atoms with E-state index in [1.165, 1.54) is 0 Å². The molecule has 0 spiro atoms. The number of hydrogen-bond acceptors (Lipinski definition) is 5. The van der Waals surface area contributed by atoms with Crippen molar-refractivity contribution in [2.75, 3.05) is 0 Å². The van der Waals surface area contributed by atoms with E-state index in [9.17, 15) is 14.7 Å². The van der Waals surface area contributed by atoms with Crippen LogP contribution in [0.3, 0.4) is 0 Å². The first-order valence-corrected chi connectivity index (χ1v) is 9.87. The molecule has 2 atom stereocenters. The van der Waals surface area contributed by atoms with Crippen molar-refractivity contribution in [2.45, 2.75) is 65.1 Å². The molecule has 1 aromatic carbocycles. The average Bonchev–Trinajstić information content (AvgIpc) is 3.08. The Morgan fingerprint density at radius 2 is 1.79 bits per heavy atom. The van der Waals surface area contributed by atoms with E-state index in [4.69, 9.17) is 4.74 Å². The predicted molar refractivity (Wildman–Crippen MR) is 111 cm³/mol. The van der Waals surface area contributed by atoms with E-state index in [0.717, 1.165) is 5.69 Å². The van der Waals surface area contributed by atoms with Crippen molar-refractivity contribution in [3.63, 3.8) is 0 Å². The summed E-state index contributed by atoms with van der Waals surface area (Å²) >= 11 is 0. The quantitative estimate of drug-likeness (QED) is 0.627. The Balaban J connectivity index is 2.21. The highest BCUT2D eigenvalue weighted by atomic mass is 16.6. The third-order valence-corrected chi connectivity index (χ3v) is 4.18. The van der Waals surface area contributed by atoms with Crippen LogP contribution in [0.25, 0.3) is 5.69 Å². The zero-order valence-corrected chi connectivity index (χ0v) is 17.8. The lowest BCUT2D eigenvalue weighted by Gasteiger charge is -2.27. The van der Waals surface area contributed by atoms with Gasteiger partial charge in [-0.05, 0) is 51.3 Å². The minimum Gasteiger partial charge on any atom is -0.480 e. The van der Waals surface area contributed by atoms with Crippen LogP contribution >= 0.6 is 0 Å². The van der Waals surface area contributed by atoms with Gasteiger partial charge < -0.3 is 9.84 Å². The second kappa shape index (κ2) is 9.69. The fourth-order valence-electron chi connectivity index (χ4n) is 2.94. The van der Waals surface area contributed by atoms with Crippen molar-refractivity contribution < 1.29 is 19.4 Å². The number of carboxylic acids is 1. The van der Waals surface area contributed by atoms with Crippen LogP contribution in [0.4, 0.5) is 0 Å². The maximum Gasteiger partial charge on any atom is 0.324 e. The maximum absolute atomic E-state index is 12.8. The fraction of sp³-hybridized carbons (Fsp3) is 0.500. The molecule has 158 valence electrons. The van der Waals surface area contributed by atoms with Gasteiger partial charge in [-0.15, -0.1) is 0 Å². The van der Waals surface area contributed by atoms with E-state index >= 15 is 0 Å². The minimum atomic E-state index is -0.984. The van der Waals surface area contributed by atoms with Crippen LogP contribution in [0.5, 0.6) is 0 Å². The molecule has 0 radical (unpaired) electrons. The number of aliphatic carboxylic acids is 1. The van der Waals surface area contributed by atoms with Gasteiger partial charge in [0.2, 0.25) is 0 Å². The molecule has 0 aliphatic carbocycles. The third kappa shape index (κ3) is 7.34. The molecule has 7 heteroatoms. The van der Waals surface area contributed by atoms with Crippen molar-refractivity contribution in [3.05, 3.63) is 48.3 Å². The molecule has 0 amide bonds. The van der Waals surface area contributed by atoms with Gasteiger partial charge in [-0.3, -0.25) is 14.9 Å². The molecule has 0 saturated carbocycles. The molecule has 0 aliphatic heterocycles. The molecular formula is C22H31N3O4. The number of benzene rings is 1. The summed E-state index contributed by atoms with van der Waals surface area (Å²) in [6, 6.07) is 9.81. The van der Waals surface area contributed by atoms with E-state index in [0.29, 0.717) is 12.1 Å². The number of para-hydroxylation sites is 1. The molecule has 0 bridgehead atoms. The van der Waals surface area contributed by atoms with E-state index in [2.05, 4.69) is 10.4 Å². The molecule has 1 aromatic heterocycles. The highest BCUT2D eigenvalue weighted by molar-refractivity contribution is 5.79. The van der Waals surface area contributed by atoms with Crippen molar-refractivity contribution in [3.8, 4) is 5.69 Å². The van der Waals surface area contributed by atoms with Gasteiger partial charge in [0.25, 0.3) is 0 Å². The Kier molecular flexibility index (Phi) is 7.56. The summed E-state index contributed by atoms with van der Waals surface area (Å²) in [5.74, 6) is -1.30. The molecule has 0 aliphatic rings. The number of hydrogen-bond donors (Lipinski definition) is 2. The first-order chi connectivity index (χ1) is 13.5. The van der Waals surface area contributed by atoms with E-state index in [1.807, 2.05) is 56.4 Å². The van der Waals surface area contributed by atoms with Crippen LogP contribution in [0.2, 0.25) is 0 Å². The lowest BCUT2D eigenvalue weighted by atomic mass is 10.0. The highest BCUT2D eigenvalue weighted by Crippen LogP contribution is 2.14. The summed E-state index contributed by atoms with van der Waals surface area (Å²) in [6.07, 6.45) is 2.46. The van der Waals surface area contributed by atoms with Crippen molar-refractivity contribution in [1.29, 1.82) is 0 Å². The monoisotopic (exact) mass is 401 g/mol. The Morgan fingerprint density at radius 1 is 1.14 bits per heavy atom. The first kappa shape index (κ1) is 22.6. The van der Waals surface area contributed by atoms with Crippen molar-refractivity contribution in [2.24, 2.45) is 5.92 Å². The topological polar surface area (TPSA) is 93.5 Å². The standard InChI is InChI=1S/C22H31N3O4/c1-15(2)13-18(20(26)27)23-19(21(28)29-22(3,4)5)14-16-11-12-25(24-16)17-9-7-6-8-10-17/h6-12,15,18-19,23H,13-14H2,1-5H3,(H,26,27). The summed E-state index contributed by atoms with van der Waals surface area (Å²) in [6.45, 7) is 9.25. The molecule has 2 unspecified atom stereocenters. The SMILES string of the molecule is CC(C)CC(NC(Cc1ccn(-c2ccccc2)n1)C(=O)OC(C)(C)C)C(=O)O. The van der Waals surface area contributed by atoms with E-state index in [-0.39, 0.29) is 12.3 Å². The van der Waals surface area contributed by atoms with Crippen LogP contribution in [0, 0.1) is 5.92 Å². The molecule has 7 nitrogen and oxygen atoms in total. The predicted octanol–water partition coefficient (Wildman–Crippen LogP) is 3.21. The molecule has 0 saturated heterocycles. The first-order valence-electron chi connectivity index (χ1n) is 9.87. The second-order valence-electron chi connectivity index (χ2n) is 8.56. The fourth-order valence-corrected chi connectivity index (χ4v) is 2.94. The summed E-state index contributed by atoms with van der Waals surface area (Å²) in [5, 5.41) is 17.1. The number of carbonyl (C=O) groups is 2. The van der Waals surface area contributed by atoms with Crippen LogP contribution < -0.4 is 5.32 Å². The summed E-state index contributed by atoms with van der Waals surface area (Å²) in [5.41, 5.74) is 0.909. The lowest BCUT2D eigenvalue weighted by Crippen LogP contribution is -2.50. The van der Waals surface area contributed by atoms with E-state index in [1.54, 1.807) is 25.5 Å². The Labute approximate surface area is 172 Å². The van der Waals surface area contributed by atoms with Gasteiger partial charge in [-0.1, -0.05) is 32.0 Å². The van der Waals surface area contributed by atoms with E-state index < -0.39 is 29.6 Å². The van der Waals surface area contributed by atoms with Crippen molar-refractivity contribution in [1.82, 2.24) is 15.1 Å². The summed E-state index contributed by atoms with van der Waals surface area (Å²) in [4.78, 5) is 24.5. The van der Waals surface area contributed by atoms with Gasteiger partial charge >= 0.3 is 11.9 Å². The number of esters is 1. The Morgan fingerprint density at radius 3 is 2.34 bits per heavy atom. The zero-order chi connectivity index (χ0) is 21.6. The maximum atomic E-state index is 12.8. The largest absolute Gasteiger partial charge is 0.480 e. The van der Waals surface area contributed by atoms with Gasteiger partial charge in [-0.25, -0.2) is 4.68 Å². The van der Waals surface area contributed by atoms with Gasteiger partial charge in [0.1, 0.15) is 17.7 Å². The summed E-state index contributed by atoms with van der Waals surface area (Å²) in [7, 11) is 0. The molecule has 1 heterocycles. The molecule has 0 fully saturated rings. The Bertz CT molecular complexity index is 809. The Hall–Kier alpha value is -2.67. The zero-order valence-electron chi connectivity index (χ0n) is 17.8. The second-order valence-corrected chi connectivity index (χ2v) is 8.56. The summed E-state index contributed by atoms with van der Waals surface area (Å²) < 4.78 is 7.25. The van der Waals surface area contributed by atoms with Gasteiger partial charge in [0.15, 0.2) is 0 Å². The smallest absolute Gasteiger partial charge is 0.324 e. The number of carboxylic acid groups (broad SMARTS) is 1. The van der Waals surface area contributed by atoms with Gasteiger partial charge in [0.05, 0.1) is 11.4 Å². The average molecular weight is 402 g/mol. The highest BCUT2D eigenvalue weighted by Gasteiger charge is 2.31. The van der Waals surface area contributed by atoms with Crippen LogP contribution in [-0.2, 0) is 20.7 Å². The number of nitrogens with zero attached hydrogens (tertiary/aromatic N) is 2. The molecule has 2 rings (SSSR count). The number of aromatic nitrogens is 2. The number of nitrogens with one attached hydrogen (secondary N) is 1. The minimum absolute atomic E-state index is 0.167. The van der Waals surface area contributed by atoms with Crippen LogP contribution in [-0.4, -0.2) is 44.5 Å². The van der Waals surface area contributed by atoms with Gasteiger partial charge in [0, 0.05) is 12.6 Å². The number of rotatable bonds is 9. The number of carbonyl (C=O) groups excluding carboxylic acids is 1. The molecule has 2 N–H and O–H groups in total. The third-order valence-electron chi connectivity index (χ3n) is 4.18.